The first kappa shape index (κ1) is 35.5. The van der Waals surface area contributed by atoms with E-state index in [2.05, 4.69) is 138 Å². The minimum absolute atomic E-state index is 0.528. The van der Waals surface area contributed by atoms with E-state index < -0.39 is 0 Å². The Kier molecular flexibility index (Phi) is 7.59. The van der Waals surface area contributed by atoms with Crippen LogP contribution in [0.25, 0.3) is 136 Å². The van der Waals surface area contributed by atoms with Gasteiger partial charge in [0.1, 0.15) is 5.58 Å². The van der Waals surface area contributed by atoms with Crippen LogP contribution in [0.3, 0.4) is 0 Å². The SMILES string of the molecule is c1ccc(-c2nc(-c3ccccc3)c3c(n2)oc2cc4c5ccccc5n(-c5nc(-c6cccc7c6sc6ccccc67)nc(-c6cccc7c6sc6ccccc67)n5)c4cc23)cc1. The molecule has 298 valence electrons. The lowest BCUT2D eigenvalue weighted by molar-refractivity contribution is 0.654. The smallest absolute Gasteiger partial charge is 0.238 e. The topological polar surface area (TPSA) is 82.5 Å². The van der Waals surface area contributed by atoms with Gasteiger partial charge in [0, 0.05) is 78.8 Å². The molecular formula is C55H30N6OS2. The molecule has 0 amide bonds. The fourth-order valence-corrected chi connectivity index (χ4v) is 11.8. The third kappa shape index (κ3) is 5.29. The summed E-state index contributed by atoms with van der Waals surface area (Å²) >= 11 is 3.55. The average molecular weight is 855 g/mol. The number of hydrogen-bond donors (Lipinski definition) is 0. The van der Waals surface area contributed by atoms with E-state index in [4.69, 9.17) is 29.3 Å². The van der Waals surface area contributed by atoms with Crippen molar-refractivity contribution in [2.24, 2.45) is 0 Å². The van der Waals surface area contributed by atoms with Gasteiger partial charge >= 0.3 is 0 Å². The van der Waals surface area contributed by atoms with Gasteiger partial charge in [-0.2, -0.15) is 15.0 Å². The van der Waals surface area contributed by atoms with Crippen LogP contribution in [-0.4, -0.2) is 29.5 Å². The Morgan fingerprint density at radius 1 is 0.391 bits per heavy atom. The van der Waals surface area contributed by atoms with Gasteiger partial charge in [0.2, 0.25) is 11.7 Å². The zero-order valence-corrected chi connectivity index (χ0v) is 35.4. The molecule has 14 rings (SSSR count). The standard InChI is InChI=1S/C55H30N6OS2/c1-3-15-31(16-4-1)48-47-41-29-43-40(30-44(41)62-54(47)58-51(56-48)32-17-5-2-6-18-32)33-19-7-10-26-42(33)61(43)55-59-52(38-24-13-22-36-34-20-8-11-27-45(34)63-49(36)38)57-53(60-55)39-25-14-23-37-35-21-9-12-28-46(35)64-50(37)39/h1-30H. The molecule has 14 aromatic rings. The van der Waals surface area contributed by atoms with Gasteiger partial charge in [-0.25, -0.2) is 9.97 Å². The molecule has 7 nitrogen and oxygen atoms in total. The number of rotatable bonds is 5. The highest BCUT2D eigenvalue weighted by atomic mass is 32.1. The second kappa shape index (κ2) is 13.7. The molecule has 0 spiro atoms. The normalized spacial score (nSPS) is 12.1. The molecule has 0 aliphatic heterocycles. The van der Waals surface area contributed by atoms with Crippen molar-refractivity contribution in [1.29, 1.82) is 0 Å². The van der Waals surface area contributed by atoms with Crippen LogP contribution in [0.2, 0.25) is 0 Å². The van der Waals surface area contributed by atoms with E-state index in [-0.39, 0.29) is 0 Å². The molecule has 0 bridgehead atoms. The summed E-state index contributed by atoms with van der Waals surface area (Å²) in [5, 5.41) is 8.65. The van der Waals surface area contributed by atoms with Crippen LogP contribution in [-0.2, 0) is 0 Å². The van der Waals surface area contributed by atoms with E-state index in [9.17, 15) is 0 Å². The summed E-state index contributed by atoms with van der Waals surface area (Å²) in [6.07, 6.45) is 0. The summed E-state index contributed by atoms with van der Waals surface area (Å²) in [5.74, 6) is 2.37. The van der Waals surface area contributed by atoms with Crippen LogP contribution in [0, 0.1) is 0 Å². The summed E-state index contributed by atoms with van der Waals surface area (Å²) in [6.45, 7) is 0. The molecule has 0 atom stereocenters. The van der Waals surface area contributed by atoms with Crippen LogP contribution in [0.15, 0.2) is 186 Å². The predicted octanol–water partition coefficient (Wildman–Crippen LogP) is 15.1. The number of furan rings is 1. The molecule has 0 unspecified atom stereocenters. The van der Waals surface area contributed by atoms with Crippen LogP contribution in [0.1, 0.15) is 0 Å². The Hall–Kier alpha value is -8.11. The summed E-state index contributed by atoms with van der Waals surface area (Å²) < 4.78 is 13.7. The zero-order valence-electron chi connectivity index (χ0n) is 33.7. The molecular weight excluding hydrogens is 825 g/mol. The summed E-state index contributed by atoms with van der Waals surface area (Å²) in [7, 11) is 0. The Balaban J connectivity index is 1.08. The third-order valence-electron chi connectivity index (χ3n) is 12.3. The molecule has 8 aromatic carbocycles. The fraction of sp³-hybridized carbons (Fsp3) is 0. The Labute approximate surface area is 372 Å². The first-order chi connectivity index (χ1) is 31.7. The summed E-state index contributed by atoms with van der Waals surface area (Å²) in [4.78, 5) is 26.6. The van der Waals surface area contributed by atoms with Crippen molar-refractivity contribution < 1.29 is 4.42 Å². The highest BCUT2D eigenvalue weighted by Crippen LogP contribution is 2.44. The maximum Gasteiger partial charge on any atom is 0.238 e. The number of para-hydroxylation sites is 1. The lowest BCUT2D eigenvalue weighted by Gasteiger charge is -2.12. The van der Waals surface area contributed by atoms with E-state index >= 15 is 0 Å². The number of nitrogens with zero attached hydrogens (tertiary/aromatic N) is 6. The Morgan fingerprint density at radius 3 is 1.61 bits per heavy atom. The summed E-state index contributed by atoms with van der Waals surface area (Å²) in [6, 6.07) is 63.2. The molecule has 0 aliphatic carbocycles. The van der Waals surface area contributed by atoms with Crippen molar-refractivity contribution in [1.82, 2.24) is 29.5 Å². The lowest BCUT2D eigenvalue weighted by atomic mass is 10.0. The Morgan fingerprint density at radius 2 is 0.953 bits per heavy atom. The van der Waals surface area contributed by atoms with E-state index in [0.29, 0.717) is 29.1 Å². The third-order valence-corrected chi connectivity index (χ3v) is 14.8. The summed E-state index contributed by atoms with van der Waals surface area (Å²) in [5.41, 5.74) is 7.81. The molecule has 0 radical (unpaired) electrons. The highest BCUT2D eigenvalue weighted by Gasteiger charge is 2.24. The van der Waals surface area contributed by atoms with Gasteiger partial charge in [0.25, 0.3) is 0 Å². The molecule has 6 aromatic heterocycles. The second-order valence-corrected chi connectivity index (χ2v) is 18.1. The van der Waals surface area contributed by atoms with E-state index in [1.54, 1.807) is 22.7 Å². The number of benzene rings is 8. The first-order valence-corrected chi connectivity index (χ1v) is 22.7. The largest absolute Gasteiger partial charge is 0.438 e. The average Bonchev–Trinajstić information content (AvgIpc) is 4.12. The number of fused-ring (bicyclic) bond motifs is 12. The predicted molar refractivity (Wildman–Crippen MR) is 265 cm³/mol. The van der Waals surface area contributed by atoms with Crippen molar-refractivity contribution in [3.05, 3.63) is 182 Å². The molecule has 6 heterocycles. The highest BCUT2D eigenvalue weighted by molar-refractivity contribution is 7.26. The maximum atomic E-state index is 6.73. The van der Waals surface area contributed by atoms with Crippen LogP contribution >= 0.6 is 22.7 Å². The van der Waals surface area contributed by atoms with Gasteiger partial charge in [-0.3, -0.25) is 4.57 Å². The molecule has 0 fully saturated rings. The Bertz CT molecular complexity index is 4070. The number of aromatic nitrogens is 6. The molecule has 0 N–H and O–H groups in total. The molecule has 0 aliphatic rings. The van der Waals surface area contributed by atoms with Gasteiger partial charge in [-0.15, -0.1) is 22.7 Å². The van der Waals surface area contributed by atoms with E-state index in [1.807, 2.05) is 48.5 Å². The maximum absolute atomic E-state index is 6.73. The second-order valence-electron chi connectivity index (χ2n) is 16.0. The zero-order chi connectivity index (χ0) is 41.9. The number of thiophene rings is 2. The molecule has 0 saturated heterocycles. The van der Waals surface area contributed by atoms with Crippen molar-refractivity contribution in [2.75, 3.05) is 0 Å². The van der Waals surface area contributed by atoms with Crippen molar-refractivity contribution in [2.45, 2.75) is 0 Å². The van der Waals surface area contributed by atoms with Gasteiger partial charge in [-0.05, 0) is 42.5 Å². The minimum atomic E-state index is 0.528. The number of hydrogen-bond acceptors (Lipinski definition) is 8. The van der Waals surface area contributed by atoms with Crippen molar-refractivity contribution in [3.63, 3.8) is 0 Å². The van der Waals surface area contributed by atoms with E-state index in [1.165, 1.54) is 30.9 Å². The fourth-order valence-electron chi connectivity index (χ4n) is 9.42. The van der Waals surface area contributed by atoms with Gasteiger partial charge in [-0.1, -0.05) is 140 Å². The van der Waals surface area contributed by atoms with Gasteiger partial charge < -0.3 is 4.42 Å². The lowest BCUT2D eigenvalue weighted by Crippen LogP contribution is -2.06. The van der Waals surface area contributed by atoms with Crippen molar-refractivity contribution in [3.8, 4) is 51.4 Å². The quantitative estimate of drug-likeness (QED) is 0.171. The first-order valence-electron chi connectivity index (χ1n) is 21.1. The molecule has 64 heavy (non-hydrogen) atoms. The molecule has 0 saturated carbocycles. The van der Waals surface area contributed by atoms with Gasteiger partial charge in [0.05, 0.1) is 22.1 Å². The van der Waals surface area contributed by atoms with Crippen LogP contribution < -0.4 is 0 Å². The monoisotopic (exact) mass is 854 g/mol. The molecule has 9 heteroatoms. The minimum Gasteiger partial charge on any atom is -0.438 e. The van der Waals surface area contributed by atoms with Crippen LogP contribution in [0.5, 0.6) is 0 Å². The van der Waals surface area contributed by atoms with Gasteiger partial charge in [0.15, 0.2) is 17.5 Å². The van der Waals surface area contributed by atoms with Crippen molar-refractivity contribution >= 4 is 107 Å². The van der Waals surface area contributed by atoms with Crippen LogP contribution in [0.4, 0.5) is 0 Å². The van der Waals surface area contributed by atoms with E-state index in [0.717, 1.165) is 75.5 Å².